The molecule has 2 atom stereocenters. The highest BCUT2D eigenvalue weighted by Gasteiger charge is 2.36. The number of rotatable bonds is 7. The van der Waals surface area contributed by atoms with E-state index in [-0.39, 0.29) is 41.1 Å². The Labute approximate surface area is 195 Å². The van der Waals surface area contributed by atoms with Crippen LogP contribution in [0.5, 0.6) is 0 Å². The number of benzene rings is 1. The fourth-order valence-corrected chi connectivity index (χ4v) is 7.58. The topological polar surface area (TPSA) is 80.2 Å². The third-order valence-corrected chi connectivity index (χ3v) is 9.39. The number of hydrogen-bond donors (Lipinski definition) is 0. The number of thiophene rings is 1. The Morgan fingerprint density at radius 1 is 1.31 bits per heavy atom. The molecule has 1 saturated heterocycles. The zero-order valence-electron chi connectivity index (χ0n) is 17.8. The summed E-state index contributed by atoms with van der Waals surface area (Å²) in [4.78, 5) is 24.5. The van der Waals surface area contributed by atoms with E-state index in [9.17, 15) is 17.6 Å². The van der Waals surface area contributed by atoms with Gasteiger partial charge in [0.05, 0.1) is 22.6 Å². The van der Waals surface area contributed by atoms with Crippen molar-refractivity contribution in [2.75, 3.05) is 17.3 Å². The number of carbonyl (C=O) groups is 1. The van der Waals surface area contributed by atoms with E-state index in [2.05, 4.69) is 9.97 Å². The van der Waals surface area contributed by atoms with Gasteiger partial charge < -0.3 is 4.90 Å². The van der Waals surface area contributed by atoms with Gasteiger partial charge in [-0.2, -0.15) is 0 Å². The summed E-state index contributed by atoms with van der Waals surface area (Å²) in [5, 5.41) is 3.50. The van der Waals surface area contributed by atoms with Gasteiger partial charge in [0, 0.05) is 23.0 Å². The normalized spacial score (nSPS) is 18.7. The minimum Gasteiger partial charge on any atom is -0.335 e. The molecule has 1 aliphatic heterocycles. The Kier molecular flexibility index (Phi) is 6.83. The molecule has 6 nitrogen and oxygen atoms in total. The van der Waals surface area contributed by atoms with Crippen LogP contribution in [-0.2, 0) is 14.6 Å². The number of fused-ring (bicyclic) bond motifs is 1. The Balaban J connectivity index is 1.58. The summed E-state index contributed by atoms with van der Waals surface area (Å²) in [5.41, 5.74) is 1.76. The van der Waals surface area contributed by atoms with Gasteiger partial charge in [-0.25, -0.2) is 22.8 Å². The molecule has 1 amide bonds. The Bertz CT molecular complexity index is 1230. The van der Waals surface area contributed by atoms with Gasteiger partial charge in [0.25, 0.3) is 0 Å². The van der Waals surface area contributed by atoms with Crippen LogP contribution in [0.4, 0.5) is 4.39 Å². The van der Waals surface area contributed by atoms with Crippen LogP contribution in [0.1, 0.15) is 26.7 Å². The van der Waals surface area contributed by atoms with E-state index in [0.717, 1.165) is 27.8 Å². The van der Waals surface area contributed by atoms with Crippen molar-refractivity contribution in [2.24, 2.45) is 0 Å². The summed E-state index contributed by atoms with van der Waals surface area (Å²) < 4.78 is 37.3. The number of sulfone groups is 1. The number of hydrogen-bond acceptors (Lipinski definition) is 7. The van der Waals surface area contributed by atoms with Crippen LogP contribution < -0.4 is 0 Å². The predicted molar refractivity (Wildman–Crippen MR) is 127 cm³/mol. The van der Waals surface area contributed by atoms with Gasteiger partial charge in [-0.3, -0.25) is 4.79 Å². The van der Waals surface area contributed by atoms with E-state index in [1.54, 1.807) is 17.0 Å². The smallest absolute Gasteiger partial charge is 0.233 e. The van der Waals surface area contributed by atoms with Gasteiger partial charge in [-0.1, -0.05) is 30.8 Å². The first kappa shape index (κ1) is 23.1. The second-order valence-corrected chi connectivity index (χ2v) is 12.0. The minimum atomic E-state index is -3.09. The van der Waals surface area contributed by atoms with Crippen LogP contribution in [0.15, 0.2) is 41.0 Å². The molecule has 10 heteroatoms. The molecule has 170 valence electrons. The molecule has 1 fully saturated rings. The zero-order valence-corrected chi connectivity index (χ0v) is 20.3. The van der Waals surface area contributed by atoms with Crippen molar-refractivity contribution >= 4 is 49.1 Å². The maximum atomic E-state index is 13.4. The van der Waals surface area contributed by atoms with Crippen molar-refractivity contribution in [2.45, 2.75) is 43.8 Å². The molecule has 1 aromatic carbocycles. The van der Waals surface area contributed by atoms with Crippen LogP contribution in [0, 0.1) is 5.82 Å². The third-order valence-electron chi connectivity index (χ3n) is 5.78. The predicted octanol–water partition coefficient (Wildman–Crippen LogP) is 4.40. The van der Waals surface area contributed by atoms with Crippen LogP contribution in [0.2, 0.25) is 0 Å². The fraction of sp³-hybridized carbons (Fsp3) is 0.409. The van der Waals surface area contributed by atoms with Gasteiger partial charge in [0.15, 0.2) is 9.84 Å². The summed E-state index contributed by atoms with van der Waals surface area (Å²) in [5.74, 6) is -0.0650. The SMILES string of the molecule is CC[C@@H](C)N(C(=O)CSc1ncnc2scc(-c3ccc(F)cc3)c12)[C@H]1CCS(=O)(=O)C1. The zero-order chi connectivity index (χ0) is 22.9. The molecule has 0 saturated carbocycles. The van der Waals surface area contributed by atoms with E-state index < -0.39 is 9.84 Å². The van der Waals surface area contributed by atoms with Crippen molar-refractivity contribution in [1.82, 2.24) is 14.9 Å². The van der Waals surface area contributed by atoms with E-state index in [4.69, 9.17) is 0 Å². The maximum absolute atomic E-state index is 13.4. The van der Waals surface area contributed by atoms with Gasteiger partial charge in [0.2, 0.25) is 5.91 Å². The molecule has 2 aromatic heterocycles. The molecule has 1 aliphatic rings. The molecule has 0 aliphatic carbocycles. The summed E-state index contributed by atoms with van der Waals surface area (Å²) in [7, 11) is -3.09. The highest BCUT2D eigenvalue weighted by atomic mass is 32.2. The number of carbonyl (C=O) groups excluding carboxylic acids is 1. The van der Waals surface area contributed by atoms with Crippen molar-refractivity contribution in [1.29, 1.82) is 0 Å². The lowest BCUT2D eigenvalue weighted by Gasteiger charge is -2.33. The molecule has 3 heterocycles. The summed E-state index contributed by atoms with van der Waals surface area (Å²) in [6, 6.07) is 5.95. The summed E-state index contributed by atoms with van der Waals surface area (Å²) >= 11 is 2.81. The van der Waals surface area contributed by atoms with E-state index >= 15 is 0 Å². The van der Waals surface area contributed by atoms with Gasteiger partial charge >= 0.3 is 0 Å². The number of aromatic nitrogens is 2. The third kappa shape index (κ3) is 4.82. The van der Waals surface area contributed by atoms with Gasteiger partial charge in [-0.15, -0.1) is 11.3 Å². The first-order chi connectivity index (χ1) is 15.3. The molecule has 3 aromatic rings. The minimum absolute atomic E-state index is 0.0325. The van der Waals surface area contributed by atoms with E-state index in [1.165, 1.54) is 41.6 Å². The molecule has 0 unspecified atom stereocenters. The number of nitrogens with zero attached hydrogens (tertiary/aromatic N) is 3. The van der Waals surface area contributed by atoms with Gasteiger partial charge in [0.1, 0.15) is 22.0 Å². The van der Waals surface area contributed by atoms with E-state index in [1.807, 2.05) is 19.2 Å². The lowest BCUT2D eigenvalue weighted by atomic mass is 10.1. The van der Waals surface area contributed by atoms with Crippen molar-refractivity contribution in [3.63, 3.8) is 0 Å². The Morgan fingerprint density at radius 3 is 2.72 bits per heavy atom. The lowest BCUT2D eigenvalue weighted by Crippen LogP contribution is -2.47. The van der Waals surface area contributed by atoms with Crippen molar-refractivity contribution in [3.8, 4) is 11.1 Å². The summed E-state index contributed by atoms with van der Waals surface area (Å²) in [6.45, 7) is 3.96. The van der Waals surface area contributed by atoms with E-state index in [0.29, 0.717) is 11.4 Å². The average Bonchev–Trinajstić information content (AvgIpc) is 3.36. The Morgan fingerprint density at radius 2 is 2.06 bits per heavy atom. The van der Waals surface area contributed by atoms with Crippen molar-refractivity contribution in [3.05, 3.63) is 41.8 Å². The monoisotopic (exact) mass is 493 g/mol. The van der Waals surface area contributed by atoms with Crippen LogP contribution in [0.3, 0.4) is 0 Å². The fourth-order valence-electron chi connectivity index (χ4n) is 4.00. The second-order valence-electron chi connectivity index (χ2n) is 7.92. The maximum Gasteiger partial charge on any atom is 0.233 e. The largest absolute Gasteiger partial charge is 0.335 e. The molecule has 4 rings (SSSR count). The number of thioether (sulfide) groups is 1. The lowest BCUT2D eigenvalue weighted by molar-refractivity contribution is -0.132. The number of halogens is 1. The number of amides is 1. The molecule has 0 bridgehead atoms. The molecular weight excluding hydrogens is 469 g/mol. The highest BCUT2D eigenvalue weighted by molar-refractivity contribution is 8.00. The van der Waals surface area contributed by atoms with Crippen LogP contribution >= 0.6 is 23.1 Å². The molecule has 0 N–H and O–H groups in total. The highest BCUT2D eigenvalue weighted by Crippen LogP contribution is 2.38. The summed E-state index contributed by atoms with van der Waals surface area (Å²) in [6.07, 6.45) is 2.72. The molecular formula is C22H24FN3O3S3. The quantitative estimate of drug-likeness (QED) is 0.358. The van der Waals surface area contributed by atoms with Crippen molar-refractivity contribution < 1.29 is 17.6 Å². The van der Waals surface area contributed by atoms with Crippen LogP contribution in [-0.4, -0.2) is 58.5 Å². The standard InChI is InChI=1S/C22H24FN3O3S3/c1-3-14(2)26(17-8-9-32(28,29)12-17)19(27)11-31-22-20-18(10-30-21(20)24-13-25-22)15-4-6-16(23)7-5-15/h4-7,10,13-14,17H,3,8-9,11-12H2,1-2H3/t14-,17+/m1/s1. The molecule has 0 radical (unpaired) electrons. The Hall–Kier alpha value is -2.04. The molecule has 32 heavy (non-hydrogen) atoms. The molecule has 0 spiro atoms. The average molecular weight is 494 g/mol. The van der Waals surface area contributed by atoms with Crippen LogP contribution in [0.25, 0.3) is 21.3 Å². The first-order valence-electron chi connectivity index (χ1n) is 10.4. The van der Waals surface area contributed by atoms with Gasteiger partial charge in [-0.05, 0) is 37.5 Å². The second kappa shape index (κ2) is 9.44. The first-order valence-corrected chi connectivity index (χ1v) is 14.1.